The van der Waals surface area contributed by atoms with Gasteiger partial charge in [-0.05, 0) is 48.9 Å². The highest BCUT2D eigenvalue weighted by Gasteiger charge is 2.22. The molecule has 9 nitrogen and oxygen atoms in total. The second-order valence-corrected chi connectivity index (χ2v) is 8.49. The quantitative estimate of drug-likeness (QED) is 0.395. The molecule has 0 aliphatic rings. The van der Waals surface area contributed by atoms with E-state index in [4.69, 9.17) is 16.3 Å². The van der Waals surface area contributed by atoms with Gasteiger partial charge in [0, 0.05) is 23.3 Å². The molecule has 0 saturated carbocycles. The van der Waals surface area contributed by atoms with Crippen molar-refractivity contribution in [1.82, 2.24) is 20.1 Å². The van der Waals surface area contributed by atoms with Crippen molar-refractivity contribution >= 4 is 40.9 Å². The summed E-state index contributed by atoms with van der Waals surface area (Å²) in [5.74, 6) is 0.503. The summed E-state index contributed by atoms with van der Waals surface area (Å²) in [6, 6.07) is 11.1. The Hall–Kier alpha value is -3.08. The molecule has 2 amide bonds. The van der Waals surface area contributed by atoms with E-state index in [1.165, 1.54) is 11.8 Å². The van der Waals surface area contributed by atoms with E-state index in [1.807, 2.05) is 13.0 Å². The number of nitrogens with zero attached hydrogens (tertiary/aromatic N) is 3. The SMILES string of the molecule is COc1ccc(C(=O)N[C@@H](CO)c2nnc(SCC(=O)Nc3ccc(C)c(Cl)c3)n2C)cc1. The number of hydrogen-bond donors (Lipinski definition) is 3. The summed E-state index contributed by atoms with van der Waals surface area (Å²) in [6.07, 6.45) is 0. The van der Waals surface area contributed by atoms with Crippen LogP contribution in [0, 0.1) is 6.92 Å². The molecule has 0 saturated heterocycles. The van der Waals surface area contributed by atoms with Gasteiger partial charge in [0.2, 0.25) is 5.91 Å². The lowest BCUT2D eigenvalue weighted by atomic mass is 10.2. The molecule has 1 heterocycles. The van der Waals surface area contributed by atoms with Crippen molar-refractivity contribution in [3.63, 3.8) is 0 Å². The molecular weight excluding hydrogens is 466 g/mol. The number of nitrogens with one attached hydrogen (secondary N) is 2. The molecule has 2 aromatic carbocycles. The van der Waals surface area contributed by atoms with Crippen molar-refractivity contribution < 1.29 is 19.4 Å². The van der Waals surface area contributed by atoms with Crippen LogP contribution in [0.2, 0.25) is 5.02 Å². The van der Waals surface area contributed by atoms with Gasteiger partial charge in [0.1, 0.15) is 11.8 Å². The van der Waals surface area contributed by atoms with E-state index in [9.17, 15) is 14.7 Å². The first-order valence-corrected chi connectivity index (χ1v) is 11.3. The van der Waals surface area contributed by atoms with Crippen LogP contribution in [0.5, 0.6) is 5.75 Å². The van der Waals surface area contributed by atoms with Gasteiger partial charge in [0.05, 0.1) is 19.5 Å². The molecule has 11 heteroatoms. The maximum absolute atomic E-state index is 12.6. The first kappa shape index (κ1) is 24.6. The van der Waals surface area contributed by atoms with Crippen LogP contribution in [0.3, 0.4) is 0 Å². The smallest absolute Gasteiger partial charge is 0.251 e. The van der Waals surface area contributed by atoms with Gasteiger partial charge < -0.3 is 25.0 Å². The number of aromatic nitrogens is 3. The van der Waals surface area contributed by atoms with Crippen molar-refractivity contribution in [3.05, 3.63) is 64.4 Å². The number of hydrogen-bond acceptors (Lipinski definition) is 7. The maximum atomic E-state index is 12.6. The number of anilines is 1. The number of ether oxygens (including phenoxy) is 1. The molecule has 3 aromatic rings. The fraction of sp³-hybridized carbons (Fsp3) is 0.273. The molecule has 3 N–H and O–H groups in total. The third kappa shape index (κ3) is 6.25. The number of carbonyl (C=O) groups is 2. The average Bonchev–Trinajstić information content (AvgIpc) is 3.18. The standard InChI is InChI=1S/C22H24ClN5O4S/c1-13-4-7-15(10-17(13)23)24-19(30)12-33-22-27-26-20(28(22)2)18(11-29)25-21(31)14-5-8-16(32-3)9-6-14/h4-10,18,29H,11-12H2,1-3H3,(H,24,30)(H,25,31)/t18-/m0/s1. The summed E-state index contributed by atoms with van der Waals surface area (Å²) < 4.78 is 6.73. The number of amides is 2. The van der Waals surface area contributed by atoms with Crippen LogP contribution in [-0.2, 0) is 11.8 Å². The molecule has 33 heavy (non-hydrogen) atoms. The van der Waals surface area contributed by atoms with Crippen molar-refractivity contribution in [1.29, 1.82) is 0 Å². The Morgan fingerprint density at radius 2 is 1.94 bits per heavy atom. The monoisotopic (exact) mass is 489 g/mol. The summed E-state index contributed by atoms with van der Waals surface area (Å²) in [5.41, 5.74) is 1.95. The minimum absolute atomic E-state index is 0.0967. The molecule has 174 valence electrons. The molecule has 0 fully saturated rings. The average molecular weight is 490 g/mol. The number of aliphatic hydroxyl groups excluding tert-OH is 1. The van der Waals surface area contributed by atoms with E-state index < -0.39 is 6.04 Å². The Morgan fingerprint density at radius 1 is 1.21 bits per heavy atom. The van der Waals surface area contributed by atoms with Gasteiger partial charge in [0.15, 0.2) is 11.0 Å². The van der Waals surface area contributed by atoms with Crippen LogP contribution in [0.25, 0.3) is 0 Å². The second kappa shape index (κ2) is 11.2. The second-order valence-electron chi connectivity index (χ2n) is 7.14. The zero-order valence-corrected chi connectivity index (χ0v) is 19.9. The molecule has 0 aliphatic heterocycles. The third-order valence-electron chi connectivity index (χ3n) is 4.81. The van der Waals surface area contributed by atoms with Gasteiger partial charge in [-0.25, -0.2) is 0 Å². The molecule has 0 aliphatic carbocycles. The van der Waals surface area contributed by atoms with Crippen molar-refractivity contribution in [2.45, 2.75) is 18.1 Å². The van der Waals surface area contributed by atoms with E-state index in [1.54, 1.807) is 55.1 Å². The Morgan fingerprint density at radius 3 is 2.58 bits per heavy atom. The summed E-state index contributed by atoms with van der Waals surface area (Å²) in [6.45, 7) is 1.52. The minimum Gasteiger partial charge on any atom is -0.497 e. The number of aryl methyl sites for hydroxylation is 1. The zero-order valence-electron chi connectivity index (χ0n) is 18.3. The first-order valence-electron chi connectivity index (χ1n) is 9.96. The Labute approximate surface area is 200 Å². The van der Waals surface area contributed by atoms with Gasteiger partial charge in [-0.15, -0.1) is 10.2 Å². The summed E-state index contributed by atoms with van der Waals surface area (Å²) in [7, 11) is 3.25. The highest BCUT2D eigenvalue weighted by atomic mass is 35.5. The Balaban J connectivity index is 1.61. The predicted octanol–water partition coefficient (Wildman–Crippen LogP) is 2.98. The number of methoxy groups -OCH3 is 1. The van der Waals surface area contributed by atoms with Crippen LogP contribution >= 0.6 is 23.4 Å². The van der Waals surface area contributed by atoms with Gasteiger partial charge in [0.25, 0.3) is 5.91 Å². The largest absolute Gasteiger partial charge is 0.497 e. The zero-order chi connectivity index (χ0) is 24.0. The normalized spacial score (nSPS) is 11.7. The lowest BCUT2D eigenvalue weighted by molar-refractivity contribution is -0.113. The minimum atomic E-state index is -0.769. The van der Waals surface area contributed by atoms with Crippen molar-refractivity contribution in [2.24, 2.45) is 7.05 Å². The van der Waals surface area contributed by atoms with E-state index in [2.05, 4.69) is 20.8 Å². The number of thioether (sulfide) groups is 1. The van der Waals surface area contributed by atoms with Gasteiger partial charge >= 0.3 is 0 Å². The van der Waals surface area contributed by atoms with E-state index in [-0.39, 0.29) is 24.2 Å². The van der Waals surface area contributed by atoms with E-state index in [0.29, 0.717) is 33.0 Å². The molecule has 0 bridgehead atoms. The first-order chi connectivity index (χ1) is 15.8. The number of benzene rings is 2. The van der Waals surface area contributed by atoms with Gasteiger partial charge in [-0.3, -0.25) is 9.59 Å². The van der Waals surface area contributed by atoms with Crippen LogP contribution in [0.1, 0.15) is 27.8 Å². The van der Waals surface area contributed by atoms with Crippen molar-refractivity contribution in [3.8, 4) is 5.75 Å². The summed E-state index contributed by atoms with van der Waals surface area (Å²) in [5, 5.41) is 24.6. The number of halogens is 1. The van der Waals surface area contributed by atoms with Gasteiger partial charge in [-0.2, -0.15) is 0 Å². The van der Waals surface area contributed by atoms with E-state index >= 15 is 0 Å². The molecule has 1 atom stereocenters. The molecule has 0 radical (unpaired) electrons. The van der Waals surface area contributed by atoms with Crippen molar-refractivity contribution in [2.75, 3.05) is 24.8 Å². The van der Waals surface area contributed by atoms with Gasteiger partial charge in [-0.1, -0.05) is 29.4 Å². The summed E-state index contributed by atoms with van der Waals surface area (Å²) >= 11 is 7.28. The fourth-order valence-corrected chi connectivity index (χ4v) is 3.83. The van der Waals surface area contributed by atoms with Crippen LogP contribution < -0.4 is 15.4 Å². The summed E-state index contributed by atoms with van der Waals surface area (Å²) in [4.78, 5) is 24.9. The maximum Gasteiger partial charge on any atom is 0.251 e. The predicted molar refractivity (Wildman–Crippen MR) is 127 cm³/mol. The number of aliphatic hydroxyl groups is 1. The Bertz CT molecular complexity index is 1140. The number of carbonyl (C=O) groups excluding carboxylic acids is 2. The highest BCUT2D eigenvalue weighted by molar-refractivity contribution is 7.99. The fourth-order valence-electron chi connectivity index (χ4n) is 2.93. The topological polar surface area (TPSA) is 118 Å². The third-order valence-corrected chi connectivity index (χ3v) is 6.24. The molecular formula is C22H24ClN5O4S. The molecule has 1 aromatic heterocycles. The number of rotatable bonds is 9. The lowest BCUT2D eigenvalue weighted by Crippen LogP contribution is -2.32. The van der Waals surface area contributed by atoms with Crippen LogP contribution in [0.15, 0.2) is 47.6 Å². The lowest BCUT2D eigenvalue weighted by Gasteiger charge is -2.16. The van der Waals surface area contributed by atoms with Crippen LogP contribution in [-0.4, -0.2) is 51.2 Å². The molecule has 3 rings (SSSR count). The van der Waals surface area contributed by atoms with E-state index in [0.717, 1.165) is 5.56 Å². The molecule has 0 unspecified atom stereocenters. The Kier molecular flexibility index (Phi) is 8.32. The highest BCUT2D eigenvalue weighted by Crippen LogP contribution is 2.22. The molecule has 0 spiro atoms. The van der Waals surface area contributed by atoms with Crippen LogP contribution in [0.4, 0.5) is 5.69 Å².